The molecule has 1 N–H and O–H groups in total. The largest absolute Gasteiger partial charge is 0.331 e. The van der Waals surface area contributed by atoms with Crippen LogP contribution in [-0.4, -0.2) is 20.4 Å². The Labute approximate surface area is 157 Å². The highest BCUT2D eigenvalue weighted by molar-refractivity contribution is 6.04. The third kappa shape index (κ3) is 3.72. The number of carbonyl (C=O) groups is 1. The maximum Gasteiger partial charge on any atom is 0.257 e. The van der Waals surface area contributed by atoms with Gasteiger partial charge in [-0.3, -0.25) is 9.78 Å². The van der Waals surface area contributed by atoms with Gasteiger partial charge in [-0.05, 0) is 48.4 Å². The van der Waals surface area contributed by atoms with Gasteiger partial charge in [0.2, 0.25) is 0 Å². The van der Waals surface area contributed by atoms with Gasteiger partial charge < -0.3 is 9.88 Å². The molecule has 0 bridgehead atoms. The minimum absolute atomic E-state index is 0.157. The van der Waals surface area contributed by atoms with Crippen molar-refractivity contribution in [2.24, 2.45) is 7.05 Å². The van der Waals surface area contributed by atoms with Gasteiger partial charge in [-0.1, -0.05) is 24.3 Å². The Morgan fingerprint density at radius 1 is 1.00 bits per heavy atom. The Bertz CT molecular complexity index is 1070. The number of para-hydroxylation sites is 2. The number of pyridine rings is 1. The molecule has 4 rings (SSSR count). The van der Waals surface area contributed by atoms with Crippen LogP contribution in [0.15, 0.2) is 73.1 Å². The predicted molar refractivity (Wildman–Crippen MR) is 107 cm³/mol. The first-order chi connectivity index (χ1) is 13.2. The summed E-state index contributed by atoms with van der Waals surface area (Å²) in [4.78, 5) is 20.9. The molecule has 2 heterocycles. The summed E-state index contributed by atoms with van der Waals surface area (Å²) in [5.41, 5.74) is 4.71. The van der Waals surface area contributed by atoms with E-state index in [-0.39, 0.29) is 5.91 Å². The molecule has 0 aliphatic carbocycles. The fourth-order valence-electron chi connectivity index (χ4n) is 3.13. The molecule has 27 heavy (non-hydrogen) atoms. The summed E-state index contributed by atoms with van der Waals surface area (Å²) in [5, 5.41) is 2.89. The van der Waals surface area contributed by atoms with E-state index in [0.29, 0.717) is 5.56 Å². The van der Waals surface area contributed by atoms with E-state index in [1.165, 1.54) is 5.56 Å². The molecule has 0 spiro atoms. The second-order valence-electron chi connectivity index (χ2n) is 6.47. The van der Waals surface area contributed by atoms with Gasteiger partial charge >= 0.3 is 0 Å². The van der Waals surface area contributed by atoms with E-state index in [9.17, 15) is 4.79 Å². The van der Waals surface area contributed by atoms with Gasteiger partial charge in [0.05, 0.1) is 16.6 Å². The van der Waals surface area contributed by atoms with Crippen molar-refractivity contribution in [1.82, 2.24) is 14.5 Å². The number of amides is 1. The highest BCUT2D eigenvalue weighted by Gasteiger charge is 2.08. The van der Waals surface area contributed by atoms with Gasteiger partial charge in [-0.2, -0.15) is 0 Å². The van der Waals surface area contributed by atoms with Crippen molar-refractivity contribution in [3.63, 3.8) is 0 Å². The number of hydrogen-bond acceptors (Lipinski definition) is 3. The molecule has 0 aliphatic rings. The first kappa shape index (κ1) is 17.0. The Hall–Kier alpha value is -3.47. The number of nitrogens with one attached hydrogen (secondary N) is 1. The van der Waals surface area contributed by atoms with Crippen LogP contribution >= 0.6 is 0 Å². The number of hydrogen-bond donors (Lipinski definition) is 1. The molecule has 0 saturated carbocycles. The van der Waals surface area contributed by atoms with Crippen LogP contribution in [0.25, 0.3) is 11.0 Å². The number of rotatable bonds is 5. The van der Waals surface area contributed by atoms with Crippen LogP contribution in [0.4, 0.5) is 5.69 Å². The van der Waals surface area contributed by atoms with Crippen LogP contribution in [0.1, 0.15) is 21.7 Å². The van der Waals surface area contributed by atoms with E-state index in [4.69, 9.17) is 4.98 Å². The maximum atomic E-state index is 12.2. The van der Waals surface area contributed by atoms with Crippen LogP contribution in [-0.2, 0) is 19.9 Å². The average molecular weight is 356 g/mol. The van der Waals surface area contributed by atoms with Crippen molar-refractivity contribution < 1.29 is 4.79 Å². The molecule has 5 nitrogen and oxygen atoms in total. The van der Waals surface area contributed by atoms with Gasteiger partial charge in [-0.25, -0.2) is 4.98 Å². The highest BCUT2D eigenvalue weighted by atomic mass is 16.1. The predicted octanol–water partition coefficient (Wildman–Crippen LogP) is 4.01. The quantitative estimate of drug-likeness (QED) is 0.588. The van der Waals surface area contributed by atoms with E-state index in [2.05, 4.69) is 28.0 Å². The number of fused-ring (bicyclic) bond motifs is 1. The molecular weight excluding hydrogens is 336 g/mol. The second-order valence-corrected chi connectivity index (χ2v) is 6.47. The summed E-state index contributed by atoms with van der Waals surface area (Å²) < 4.78 is 2.15. The number of anilines is 1. The fourth-order valence-corrected chi connectivity index (χ4v) is 3.13. The lowest BCUT2D eigenvalue weighted by molar-refractivity contribution is 0.102. The van der Waals surface area contributed by atoms with Crippen LogP contribution in [0.3, 0.4) is 0 Å². The molecular formula is C22H20N4O. The molecule has 0 atom stereocenters. The summed E-state index contributed by atoms with van der Waals surface area (Å²) in [7, 11) is 2.06. The summed E-state index contributed by atoms with van der Waals surface area (Å²) in [6.07, 6.45) is 4.97. The lowest BCUT2D eigenvalue weighted by Gasteiger charge is -2.07. The number of imidazole rings is 1. The van der Waals surface area contributed by atoms with Crippen LogP contribution in [0.2, 0.25) is 0 Å². The monoisotopic (exact) mass is 356 g/mol. The van der Waals surface area contributed by atoms with Crippen molar-refractivity contribution in [2.75, 3.05) is 5.32 Å². The molecule has 2 aromatic heterocycles. The number of nitrogens with zero attached hydrogens (tertiary/aromatic N) is 3. The second kappa shape index (κ2) is 7.41. The summed E-state index contributed by atoms with van der Waals surface area (Å²) in [5.74, 6) is 0.917. The molecule has 0 fully saturated rings. The van der Waals surface area contributed by atoms with Crippen molar-refractivity contribution in [3.8, 4) is 0 Å². The molecule has 0 saturated heterocycles. The van der Waals surface area contributed by atoms with Crippen molar-refractivity contribution in [3.05, 3.63) is 90.0 Å². The molecule has 0 radical (unpaired) electrons. The van der Waals surface area contributed by atoms with Crippen LogP contribution < -0.4 is 5.32 Å². The first-order valence-corrected chi connectivity index (χ1v) is 8.91. The molecule has 134 valence electrons. The van der Waals surface area contributed by atoms with Crippen molar-refractivity contribution in [2.45, 2.75) is 12.8 Å². The normalized spacial score (nSPS) is 10.9. The lowest BCUT2D eigenvalue weighted by atomic mass is 10.1. The molecule has 4 aromatic rings. The number of aryl methyl sites for hydroxylation is 3. The minimum atomic E-state index is -0.157. The highest BCUT2D eigenvalue weighted by Crippen LogP contribution is 2.17. The fraction of sp³-hybridized carbons (Fsp3) is 0.136. The van der Waals surface area contributed by atoms with E-state index in [1.54, 1.807) is 24.5 Å². The summed E-state index contributed by atoms with van der Waals surface area (Å²) >= 11 is 0. The Morgan fingerprint density at radius 2 is 1.81 bits per heavy atom. The SMILES string of the molecule is Cn1c(CCc2ccc(NC(=O)c3cccnc3)cc2)nc2ccccc21. The zero-order valence-electron chi connectivity index (χ0n) is 15.1. The summed E-state index contributed by atoms with van der Waals surface area (Å²) in [6, 6.07) is 19.6. The number of carbonyl (C=O) groups excluding carboxylic acids is 1. The lowest BCUT2D eigenvalue weighted by Crippen LogP contribution is -2.11. The maximum absolute atomic E-state index is 12.2. The molecule has 5 heteroatoms. The number of aromatic nitrogens is 3. The molecule has 0 unspecified atom stereocenters. The van der Waals surface area contributed by atoms with Crippen molar-refractivity contribution >= 4 is 22.6 Å². The van der Waals surface area contributed by atoms with E-state index >= 15 is 0 Å². The Balaban J connectivity index is 1.40. The van der Waals surface area contributed by atoms with E-state index in [1.807, 2.05) is 42.5 Å². The van der Waals surface area contributed by atoms with Crippen LogP contribution in [0, 0.1) is 0 Å². The van der Waals surface area contributed by atoms with Gasteiger partial charge in [0.15, 0.2) is 0 Å². The molecule has 0 aliphatic heterocycles. The van der Waals surface area contributed by atoms with Crippen LogP contribution in [0.5, 0.6) is 0 Å². The standard InChI is InChI=1S/C22H20N4O/c1-26-20-7-3-2-6-19(20)25-21(26)13-10-16-8-11-18(12-9-16)24-22(27)17-5-4-14-23-15-17/h2-9,11-12,14-15H,10,13H2,1H3,(H,24,27). The van der Waals surface area contributed by atoms with E-state index < -0.39 is 0 Å². The smallest absolute Gasteiger partial charge is 0.257 e. The third-order valence-corrected chi connectivity index (χ3v) is 4.65. The van der Waals surface area contributed by atoms with Gasteiger partial charge in [0.1, 0.15) is 5.82 Å². The summed E-state index contributed by atoms with van der Waals surface area (Å²) in [6.45, 7) is 0. The van der Waals surface area contributed by atoms with Gasteiger partial charge in [-0.15, -0.1) is 0 Å². The zero-order chi connectivity index (χ0) is 18.6. The Kier molecular flexibility index (Phi) is 4.66. The van der Waals surface area contributed by atoms with Gasteiger partial charge in [0, 0.05) is 31.5 Å². The Morgan fingerprint density at radius 3 is 2.56 bits per heavy atom. The minimum Gasteiger partial charge on any atom is -0.331 e. The van der Waals surface area contributed by atoms with Crippen molar-refractivity contribution in [1.29, 1.82) is 0 Å². The zero-order valence-corrected chi connectivity index (χ0v) is 15.1. The third-order valence-electron chi connectivity index (χ3n) is 4.65. The van der Waals surface area contributed by atoms with Gasteiger partial charge in [0.25, 0.3) is 5.91 Å². The molecule has 1 amide bonds. The van der Waals surface area contributed by atoms with E-state index in [0.717, 1.165) is 35.4 Å². The first-order valence-electron chi connectivity index (χ1n) is 8.91. The topological polar surface area (TPSA) is 59.8 Å². The average Bonchev–Trinajstić information content (AvgIpc) is 3.04. The number of benzene rings is 2. The molecule has 2 aromatic carbocycles.